The van der Waals surface area contributed by atoms with Crippen LogP contribution in [0.25, 0.3) is 91.7 Å². The maximum absolute atomic E-state index is 4.40. The van der Waals surface area contributed by atoms with E-state index in [4.69, 9.17) is 0 Å². The highest BCUT2D eigenvalue weighted by Gasteiger charge is 2.38. The fourth-order valence-corrected chi connectivity index (χ4v) is 8.18. The van der Waals surface area contributed by atoms with Gasteiger partial charge in [0.2, 0.25) is 0 Å². The van der Waals surface area contributed by atoms with Crippen molar-refractivity contribution in [2.75, 3.05) is 0 Å². The smallest absolute Gasteiger partial charge is 0.0159 e. The molecule has 0 aliphatic heterocycles. The molecule has 0 unspecified atom stereocenters. The Morgan fingerprint density at radius 1 is 0.388 bits per heavy atom. The highest BCUT2D eigenvalue weighted by atomic mass is 14.4. The summed E-state index contributed by atoms with van der Waals surface area (Å²) in [6, 6.07) is 34.7. The molecule has 0 bridgehead atoms. The van der Waals surface area contributed by atoms with E-state index in [1.54, 1.807) is 0 Å². The molecule has 6 aromatic rings. The monoisotopic (exact) mass is 628 g/mol. The van der Waals surface area contributed by atoms with Gasteiger partial charge in [0.1, 0.15) is 0 Å². The zero-order chi connectivity index (χ0) is 34.4. The average molecular weight is 629 g/mol. The van der Waals surface area contributed by atoms with Crippen LogP contribution in [0.3, 0.4) is 0 Å². The number of hydrogen-bond donors (Lipinski definition) is 0. The summed E-state index contributed by atoms with van der Waals surface area (Å²) in [7, 11) is 0. The minimum Gasteiger partial charge on any atom is -0.0984 e. The summed E-state index contributed by atoms with van der Waals surface area (Å²) in [6.45, 7) is 30.6. The third-order valence-corrected chi connectivity index (χ3v) is 10.4. The number of rotatable bonds is 9. The highest BCUT2D eigenvalue weighted by Crippen LogP contribution is 2.54. The molecule has 0 spiro atoms. The van der Waals surface area contributed by atoms with Crippen molar-refractivity contribution in [2.24, 2.45) is 0 Å². The predicted molar refractivity (Wildman–Crippen MR) is 218 cm³/mol. The maximum Gasteiger partial charge on any atom is 0.0159 e. The molecule has 49 heavy (non-hydrogen) atoms. The molecule has 1 aliphatic rings. The van der Waals surface area contributed by atoms with Crippen LogP contribution < -0.4 is 0 Å². The van der Waals surface area contributed by atoms with Crippen molar-refractivity contribution in [3.8, 4) is 44.5 Å². The lowest BCUT2D eigenvalue weighted by atomic mass is 9.76. The first-order valence-corrected chi connectivity index (χ1v) is 16.7. The molecule has 0 fully saturated rings. The van der Waals surface area contributed by atoms with E-state index in [-0.39, 0.29) is 5.41 Å². The van der Waals surface area contributed by atoms with Gasteiger partial charge in [0.05, 0.1) is 0 Å². The van der Waals surface area contributed by atoms with Gasteiger partial charge in [0.15, 0.2) is 0 Å². The summed E-state index contributed by atoms with van der Waals surface area (Å²) >= 11 is 0. The first kappa shape index (κ1) is 31.6. The number of fused-ring (bicyclic) bond motifs is 4. The van der Waals surface area contributed by atoms with Crippen LogP contribution >= 0.6 is 0 Å². The molecule has 0 saturated carbocycles. The van der Waals surface area contributed by atoms with Gasteiger partial charge in [-0.15, -0.1) is 0 Å². The fourth-order valence-electron chi connectivity index (χ4n) is 8.18. The summed E-state index contributed by atoms with van der Waals surface area (Å²) < 4.78 is 0. The van der Waals surface area contributed by atoms with Crippen molar-refractivity contribution in [1.82, 2.24) is 0 Å². The van der Waals surface area contributed by atoms with Crippen LogP contribution in [0, 0.1) is 0 Å². The van der Waals surface area contributed by atoms with Gasteiger partial charge in [-0.3, -0.25) is 0 Å². The Morgan fingerprint density at radius 2 is 0.837 bits per heavy atom. The van der Waals surface area contributed by atoms with Crippen LogP contribution in [0.5, 0.6) is 0 Å². The van der Waals surface area contributed by atoms with Crippen LogP contribution in [0.1, 0.15) is 58.4 Å². The second-order valence-corrected chi connectivity index (χ2v) is 13.0. The van der Waals surface area contributed by atoms with E-state index in [0.717, 1.165) is 77.5 Å². The largest absolute Gasteiger partial charge is 0.0984 e. The molecule has 1 aliphatic carbocycles. The van der Waals surface area contributed by atoms with Gasteiger partial charge in [0.25, 0.3) is 0 Å². The average Bonchev–Trinajstić information content (AvgIpc) is 3.38. The Kier molecular flexibility index (Phi) is 7.89. The van der Waals surface area contributed by atoms with Crippen molar-refractivity contribution in [3.05, 3.63) is 181 Å². The second kappa shape index (κ2) is 12.2. The molecule has 0 heterocycles. The summed E-state index contributed by atoms with van der Waals surface area (Å²) in [5.41, 5.74) is 17.9. The highest BCUT2D eigenvalue weighted by molar-refractivity contribution is 6.14. The van der Waals surface area contributed by atoms with E-state index in [9.17, 15) is 0 Å². The van der Waals surface area contributed by atoms with Gasteiger partial charge in [-0.05, 0) is 106 Å². The summed E-state index contributed by atoms with van der Waals surface area (Å²) in [5.74, 6) is 0. The van der Waals surface area contributed by atoms with Crippen molar-refractivity contribution in [2.45, 2.75) is 19.3 Å². The zero-order valence-electron chi connectivity index (χ0n) is 28.4. The van der Waals surface area contributed by atoms with Crippen molar-refractivity contribution in [3.63, 3.8) is 0 Å². The standard InChI is InChI=1S/C49H40/c1-9-32-33(10-2)41(29-28-38(32)31-22-16-15-17-23-31)46-36(13-5)37(14-6)47(40-25-19-18-24-39(40)46)43-30-45-48(35(12-4)34(43)11-3)42-26-20-21-27-44(42)49(45,7)8/h9-30H,1-6H2,7-8H3. The van der Waals surface area contributed by atoms with Crippen LogP contribution in [0.4, 0.5) is 0 Å². The Balaban J connectivity index is 1.61. The molecule has 6 aromatic carbocycles. The minimum absolute atomic E-state index is 0.191. The van der Waals surface area contributed by atoms with E-state index < -0.39 is 0 Å². The Hall–Kier alpha value is -5.98. The third kappa shape index (κ3) is 4.60. The molecule has 0 nitrogen and oxygen atoms in total. The van der Waals surface area contributed by atoms with Crippen LogP contribution in [-0.2, 0) is 5.41 Å². The van der Waals surface area contributed by atoms with Crippen molar-refractivity contribution >= 4 is 47.2 Å². The van der Waals surface area contributed by atoms with E-state index in [1.165, 1.54) is 22.3 Å². The van der Waals surface area contributed by atoms with Gasteiger partial charge in [-0.25, -0.2) is 0 Å². The minimum atomic E-state index is -0.191. The normalized spacial score (nSPS) is 12.5. The lowest BCUT2D eigenvalue weighted by Crippen LogP contribution is -2.15. The van der Waals surface area contributed by atoms with Gasteiger partial charge in [-0.1, -0.05) is 181 Å². The van der Waals surface area contributed by atoms with Gasteiger partial charge < -0.3 is 0 Å². The van der Waals surface area contributed by atoms with Crippen molar-refractivity contribution < 1.29 is 0 Å². The molecule has 7 rings (SSSR count). The third-order valence-electron chi connectivity index (χ3n) is 10.4. The van der Waals surface area contributed by atoms with Crippen LogP contribution in [0.15, 0.2) is 137 Å². The number of hydrogen-bond acceptors (Lipinski definition) is 0. The molecular weight excluding hydrogens is 589 g/mol. The second-order valence-electron chi connectivity index (χ2n) is 13.0. The first-order valence-electron chi connectivity index (χ1n) is 16.7. The molecule has 0 radical (unpaired) electrons. The molecule has 0 N–H and O–H groups in total. The fraction of sp³-hybridized carbons (Fsp3) is 0.0612. The molecule has 0 atom stereocenters. The molecular formula is C49H40. The molecule has 0 heteroatoms. The summed E-state index contributed by atoms with van der Waals surface area (Å²) in [4.78, 5) is 0. The van der Waals surface area contributed by atoms with E-state index >= 15 is 0 Å². The Labute approximate surface area is 291 Å². The lowest BCUT2D eigenvalue weighted by molar-refractivity contribution is 0.660. The lowest BCUT2D eigenvalue weighted by Gasteiger charge is -2.26. The van der Waals surface area contributed by atoms with E-state index in [0.29, 0.717) is 0 Å². The first-order chi connectivity index (χ1) is 23.9. The number of benzene rings is 6. The van der Waals surface area contributed by atoms with E-state index in [1.807, 2.05) is 42.5 Å². The van der Waals surface area contributed by atoms with E-state index in [2.05, 4.69) is 144 Å². The van der Waals surface area contributed by atoms with Crippen LogP contribution in [0.2, 0.25) is 0 Å². The van der Waals surface area contributed by atoms with Crippen molar-refractivity contribution in [1.29, 1.82) is 0 Å². The topological polar surface area (TPSA) is 0 Å². The summed E-state index contributed by atoms with van der Waals surface area (Å²) in [5, 5.41) is 2.26. The van der Waals surface area contributed by atoms with Gasteiger partial charge in [-0.2, -0.15) is 0 Å². The Bertz CT molecular complexity index is 2390. The SMILES string of the molecule is C=Cc1c(-c2ccccc2)ccc(-c2c(C=C)c(C=C)c(-c3cc4c(c(C=C)c3C=C)-c3ccccc3C4(C)C)c3ccccc23)c1C=C. The predicted octanol–water partition coefficient (Wildman–Crippen LogP) is 14.0. The summed E-state index contributed by atoms with van der Waals surface area (Å²) in [6.07, 6.45) is 11.8. The molecule has 0 saturated heterocycles. The molecule has 0 amide bonds. The van der Waals surface area contributed by atoms with Gasteiger partial charge in [0, 0.05) is 5.41 Å². The molecule has 0 aromatic heterocycles. The maximum atomic E-state index is 4.40. The Morgan fingerprint density at radius 3 is 1.43 bits per heavy atom. The quantitative estimate of drug-likeness (QED) is 0.149. The van der Waals surface area contributed by atoms with Gasteiger partial charge >= 0.3 is 0 Å². The molecule has 236 valence electrons. The zero-order valence-corrected chi connectivity index (χ0v) is 28.4. The van der Waals surface area contributed by atoms with Crippen LogP contribution in [-0.4, -0.2) is 0 Å².